The van der Waals surface area contributed by atoms with Crippen molar-refractivity contribution in [3.63, 3.8) is 0 Å². The van der Waals surface area contributed by atoms with E-state index in [0.29, 0.717) is 6.04 Å². The molecule has 1 saturated heterocycles. The predicted octanol–water partition coefficient (Wildman–Crippen LogP) is 2.42. The Morgan fingerprint density at radius 2 is 2.06 bits per heavy atom. The van der Waals surface area contributed by atoms with Gasteiger partial charge >= 0.3 is 0 Å². The molecule has 1 N–H and O–H groups in total. The first kappa shape index (κ1) is 12.9. The average molecular weight is 299 g/mol. The molecule has 1 atom stereocenters. The van der Waals surface area contributed by atoms with E-state index in [2.05, 4.69) is 45.2 Å². The van der Waals surface area contributed by atoms with Crippen LogP contribution in [0.15, 0.2) is 22.7 Å². The number of hydrogen-bond donors (Lipinski definition) is 1. The number of rotatable bonds is 3. The molecule has 1 aromatic rings. The van der Waals surface area contributed by atoms with Gasteiger partial charge in [0, 0.05) is 36.7 Å². The van der Waals surface area contributed by atoms with Crippen molar-refractivity contribution in [2.75, 3.05) is 33.3 Å². The zero-order valence-corrected chi connectivity index (χ0v) is 12.0. The van der Waals surface area contributed by atoms with Crippen LogP contribution >= 0.6 is 15.9 Å². The highest BCUT2D eigenvalue weighted by atomic mass is 79.9. The van der Waals surface area contributed by atoms with Gasteiger partial charge in [0.05, 0.1) is 7.11 Å². The standard InChI is InChI=1S/C13H19BrN2O/c1-10(16-7-5-15-6-8-16)12-9-11(17-2)3-4-13(12)14/h3-4,9-10,15H,5-8H2,1-2H3/t10-/m0/s1. The summed E-state index contributed by atoms with van der Waals surface area (Å²) >= 11 is 3.63. The van der Waals surface area contributed by atoms with E-state index >= 15 is 0 Å². The van der Waals surface area contributed by atoms with Gasteiger partial charge in [-0.3, -0.25) is 4.90 Å². The van der Waals surface area contributed by atoms with Crippen LogP contribution in [-0.2, 0) is 0 Å². The molecule has 3 nitrogen and oxygen atoms in total. The third kappa shape index (κ3) is 3.00. The minimum absolute atomic E-state index is 0.418. The van der Waals surface area contributed by atoms with Gasteiger partial charge in [0.2, 0.25) is 0 Å². The molecule has 4 heteroatoms. The Morgan fingerprint density at radius 3 is 2.71 bits per heavy atom. The summed E-state index contributed by atoms with van der Waals surface area (Å²) in [7, 11) is 1.71. The SMILES string of the molecule is COc1ccc(Br)c([C@H](C)N2CCNCC2)c1. The van der Waals surface area contributed by atoms with E-state index in [1.54, 1.807) is 7.11 Å². The van der Waals surface area contributed by atoms with Gasteiger partial charge in [-0.25, -0.2) is 0 Å². The van der Waals surface area contributed by atoms with Crippen LogP contribution in [0.3, 0.4) is 0 Å². The van der Waals surface area contributed by atoms with Gasteiger partial charge in [-0.1, -0.05) is 15.9 Å². The van der Waals surface area contributed by atoms with Crippen molar-refractivity contribution in [1.82, 2.24) is 10.2 Å². The molecule has 2 rings (SSSR count). The normalized spacial score (nSPS) is 19.0. The van der Waals surface area contributed by atoms with E-state index in [1.807, 2.05) is 6.07 Å². The third-order valence-electron chi connectivity index (χ3n) is 3.35. The highest BCUT2D eigenvalue weighted by molar-refractivity contribution is 9.10. The van der Waals surface area contributed by atoms with Crippen LogP contribution in [0.1, 0.15) is 18.5 Å². The number of nitrogens with one attached hydrogen (secondary N) is 1. The van der Waals surface area contributed by atoms with Crippen LogP contribution < -0.4 is 10.1 Å². The molecular weight excluding hydrogens is 280 g/mol. The second-order valence-corrected chi connectivity index (χ2v) is 5.20. The summed E-state index contributed by atoms with van der Waals surface area (Å²) in [5, 5.41) is 3.38. The summed E-state index contributed by atoms with van der Waals surface area (Å²) in [5.74, 6) is 0.921. The zero-order chi connectivity index (χ0) is 12.3. The highest BCUT2D eigenvalue weighted by Gasteiger charge is 2.20. The Morgan fingerprint density at radius 1 is 1.35 bits per heavy atom. The summed E-state index contributed by atoms with van der Waals surface area (Å²) in [4.78, 5) is 2.50. The fraction of sp³-hybridized carbons (Fsp3) is 0.538. The number of nitrogens with zero attached hydrogens (tertiary/aromatic N) is 1. The maximum absolute atomic E-state index is 5.30. The fourth-order valence-electron chi connectivity index (χ4n) is 2.24. The summed E-state index contributed by atoms with van der Waals surface area (Å²) in [5.41, 5.74) is 1.30. The molecule has 0 saturated carbocycles. The van der Waals surface area contributed by atoms with Crippen molar-refractivity contribution in [2.24, 2.45) is 0 Å². The van der Waals surface area contributed by atoms with E-state index in [9.17, 15) is 0 Å². The molecule has 0 radical (unpaired) electrons. The molecule has 17 heavy (non-hydrogen) atoms. The van der Waals surface area contributed by atoms with Gasteiger partial charge in [-0.2, -0.15) is 0 Å². The largest absolute Gasteiger partial charge is 0.497 e. The van der Waals surface area contributed by atoms with Crippen molar-refractivity contribution in [2.45, 2.75) is 13.0 Å². The second kappa shape index (κ2) is 5.85. The first-order valence-corrected chi connectivity index (χ1v) is 6.80. The summed E-state index contributed by atoms with van der Waals surface area (Å²) in [6, 6.07) is 6.59. The van der Waals surface area contributed by atoms with Gasteiger partial charge in [0.15, 0.2) is 0 Å². The molecule has 0 spiro atoms. The van der Waals surface area contributed by atoms with Gasteiger partial charge in [0.1, 0.15) is 5.75 Å². The molecule has 0 bridgehead atoms. The van der Waals surface area contributed by atoms with E-state index in [4.69, 9.17) is 4.74 Å². The topological polar surface area (TPSA) is 24.5 Å². The lowest BCUT2D eigenvalue weighted by molar-refractivity contribution is 0.185. The highest BCUT2D eigenvalue weighted by Crippen LogP contribution is 2.30. The zero-order valence-electron chi connectivity index (χ0n) is 10.4. The van der Waals surface area contributed by atoms with E-state index < -0.39 is 0 Å². The van der Waals surface area contributed by atoms with Gasteiger partial charge in [-0.15, -0.1) is 0 Å². The van der Waals surface area contributed by atoms with Crippen LogP contribution in [0.5, 0.6) is 5.75 Å². The molecule has 1 aliphatic rings. The molecule has 1 fully saturated rings. The number of methoxy groups -OCH3 is 1. The lowest BCUT2D eigenvalue weighted by atomic mass is 10.1. The van der Waals surface area contributed by atoms with Crippen molar-refractivity contribution in [3.8, 4) is 5.75 Å². The number of hydrogen-bond acceptors (Lipinski definition) is 3. The van der Waals surface area contributed by atoms with E-state index in [-0.39, 0.29) is 0 Å². The number of piperazine rings is 1. The predicted molar refractivity (Wildman–Crippen MR) is 73.6 cm³/mol. The minimum Gasteiger partial charge on any atom is -0.497 e. The maximum atomic E-state index is 5.30. The lowest BCUT2D eigenvalue weighted by Gasteiger charge is -2.33. The van der Waals surface area contributed by atoms with Gasteiger partial charge in [-0.05, 0) is 30.7 Å². The molecule has 1 aromatic carbocycles. The monoisotopic (exact) mass is 298 g/mol. The Kier molecular flexibility index (Phi) is 4.42. The van der Waals surface area contributed by atoms with Crippen LogP contribution in [0.2, 0.25) is 0 Å². The van der Waals surface area contributed by atoms with Crippen LogP contribution in [-0.4, -0.2) is 38.2 Å². The minimum atomic E-state index is 0.418. The lowest BCUT2D eigenvalue weighted by Crippen LogP contribution is -2.44. The first-order valence-electron chi connectivity index (χ1n) is 6.00. The molecule has 0 aliphatic carbocycles. The van der Waals surface area contributed by atoms with Crippen LogP contribution in [0.25, 0.3) is 0 Å². The number of benzene rings is 1. The van der Waals surface area contributed by atoms with Crippen LogP contribution in [0, 0.1) is 0 Å². The molecule has 1 heterocycles. The fourth-order valence-corrected chi connectivity index (χ4v) is 2.81. The quantitative estimate of drug-likeness (QED) is 0.927. The Hall–Kier alpha value is -0.580. The molecular formula is C13H19BrN2O. The Labute approximate surface area is 111 Å². The van der Waals surface area contributed by atoms with Crippen molar-refractivity contribution in [1.29, 1.82) is 0 Å². The molecule has 1 aliphatic heterocycles. The number of halogens is 1. The van der Waals surface area contributed by atoms with Crippen molar-refractivity contribution < 1.29 is 4.74 Å². The first-order chi connectivity index (χ1) is 8.22. The summed E-state index contributed by atoms with van der Waals surface area (Å²) < 4.78 is 6.45. The van der Waals surface area contributed by atoms with Crippen molar-refractivity contribution in [3.05, 3.63) is 28.2 Å². The molecule has 0 unspecified atom stereocenters. The van der Waals surface area contributed by atoms with Gasteiger partial charge < -0.3 is 10.1 Å². The summed E-state index contributed by atoms with van der Waals surface area (Å²) in [6.45, 7) is 6.61. The maximum Gasteiger partial charge on any atom is 0.119 e. The molecule has 94 valence electrons. The Balaban J connectivity index is 2.19. The van der Waals surface area contributed by atoms with E-state index in [0.717, 1.165) is 36.4 Å². The van der Waals surface area contributed by atoms with Crippen molar-refractivity contribution >= 4 is 15.9 Å². The average Bonchev–Trinajstić information content (AvgIpc) is 2.39. The van der Waals surface area contributed by atoms with E-state index in [1.165, 1.54) is 5.56 Å². The third-order valence-corrected chi connectivity index (χ3v) is 4.07. The molecule has 0 amide bonds. The molecule has 0 aromatic heterocycles. The smallest absolute Gasteiger partial charge is 0.119 e. The Bertz CT molecular complexity index is 378. The summed E-state index contributed by atoms with van der Waals surface area (Å²) in [6.07, 6.45) is 0. The van der Waals surface area contributed by atoms with Crippen LogP contribution in [0.4, 0.5) is 0 Å². The second-order valence-electron chi connectivity index (χ2n) is 4.35. The number of ether oxygens (including phenoxy) is 1. The van der Waals surface area contributed by atoms with Gasteiger partial charge in [0.25, 0.3) is 0 Å².